The number of aromatic nitrogens is 2. The molecule has 2 aromatic carbocycles. The number of imidazole rings is 1. The average Bonchev–Trinajstić information content (AvgIpc) is 3.26. The summed E-state index contributed by atoms with van der Waals surface area (Å²) in [6, 6.07) is 21.4. The van der Waals surface area contributed by atoms with Gasteiger partial charge in [-0.05, 0) is 55.0 Å². The second-order valence-corrected chi connectivity index (χ2v) is 7.39. The topological polar surface area (TPSA) is 41.8 Å². The minimum atomic E-state index is 0.797. The third-order valence-electron chi connectivity index (χ3n) is 5.39. The van der Waals surface area contributed by atoms with E-state index >= 15 is 0 Å². The highest BCUT2D eigenvalue weighted by Gasteiger charge is 2.12. The molecule has 0 saturated carbocycles. The predicted octanol–water partition coefficient (Wildman–Crippen LogP) is 4.89. The van der Waals surface area contributed by atoms with E-state index in [1.165, 1.54) is 16.8 Å². The van der Waals surface area contributed by atoms with Gasteiger partial charge < -0.3 is 15.0 Å². The first kappa shape index (κ1) is 17.8. The summed E-state index contributed by atoms with van der Waals surface area (Å²) in [5.41, 5.74) is 7.77. The Morgan fingerprint density at radius 3 is 2.59 bits per heavy atom. The first-order valence-corrected chi connectivity index (χ1v) is 10.0. The SMILES string of the molecule is Cc1cccc(-c2ccc(Nc3ccc(N4CCOCC4)cc3)c3nccn23)c1. The quantitative estimate of drug-likeness (QED) is 0.544. The molecule has 5 rings (SSSR count). The molecule has 0 amide bonds. The van der Waals surface area contributed by atoms with Gasteiger partial charge in [0.25, 0.3) is 0 Å². The Bertz CT molecular complexity index is 1130. The van der Waals surface area contributed by atoms with Crippen LogP contribution in [0.15, 0.2) is 73.1 Å². The first-order valence-electron chi connectivity index (χ1n) is 10.0. The molecule has 29 heavy (non-hydrogen) atoms. The van der Waals surface area contributed by atoms with Crippen LogP contribution in [0.4, 0.5) is 17.1 Å². The lowest BCUT2D eigenvalue weighted by Crippen LogP contribution is -2.36. The zero-order valence-electron chi connectivity index (χ0n) is 16.5. The lowest BCUT2D eigenvalue weighted by Gasteiger charge is -2.29. The Morgan fingerprint density at radius 1 is 0.966 bits per heavy atom. The molecule has 1 aliphatic heterocycles. The smallest absolute Gasteiger partial charge is 0.161 e. The van der Waals surface area contributed by atoms with Crippen molar-refractivity contribution >= 4 is 22.7 Å². The van der Waals surface area contributed by atoms with Crippen LogP contribution >= 0.6 is 0 Å². The van der Waals surface area contributed by atoms with Crippen molar-refractivity contribution in [1.82, 2.24) is 9.38 Å². The fourth-order valence-electron chi connectivity index (χ4n) is 3.88. The molecule has 0 bridgehead atoms. The van der Waals surface area contributed by atoms with E-state index in [9.17, 15) is 0 Å². The monoisotopic (exact) mass is 384 g/mol. The predicted molar refractivity (Wildman–Crippen MR) is 118 cm³/mol. The van der Waals surface area contributed by atoms with Gasteiger partial charge in [0.05, 0.1) is 24.6 Å². The lowest BCUT2D eigenvalue weighted by molar-refractivity contribution is 0.122. The molecule has 0 unspecified atom stereocenters. The van der Waals surface area contributed by atoms with Crippen LogP contribution in [0.5, 0.6) is 0 Å². The summed E-state index contributed by atoms with van der Waals surface area (Å²) < 4.78 is 7.58. The van der Waals surface area contributed by atoms with E-state index in [-0.39, 0.29) is 0 Å². The molecular formula is C24H24N4O. The van der Waals surface area contributed by atoms with Crippen LogP contribution in [0, 0.1) is 6.92 Å². The van der Waals surface area contributed by atoms with Crippen molar-refractivity contribution < 1.29 is 4.74 Å². The maximum absolute atomic E-state index is 5.44. The highest BCUT2D eigenvalue weighted by molar-refractivity contribution is 5.78. The molecule has 5 nitrogen and oxygen atoms in total. The van der Waals surface area contributed by atoms with Gasteiger partial charge in [0.2, 0.25) is 0 Å². The van der Waals surface area contributed by atoms with E-state index in [2.05, 4.69) is 87.2 Å². The Balaban J connectivity index is 1.43. The number of pyridine rings is 1. The molecule has 5 heteroatoms. The number of rotatable bonds is 4. The fraction of sp³-hybridized carbons (Fsp3) is 0.208. The number of fused-ring (bicyclic) bond motifs is 1. The van der Waals surface area contributed by atoms with Crippen LogP contribution in [0.2, 0.25) is 0 Å². The van der Waals surface area contributed by atoms with Crippen molar-refractivity contribution in [1.29, 1.82) is 0 Å². The Labute approximate surface area is 170 Å². The molecule has 4 aromatic rings. The maximum atomic E-state index is 5.44. The van der Waals surface area contributed by atoms with Gasteiger partial charge in [-0.1, -0.05) is 23.8 Å². The molecule has 2 aromatic heterocycles. The number of morpholine rings is 1. The summed E-state index contributed by atoms with van der Waals surface area (Å²) >= 11 is 0. The summed E-state index contributed by atoms with van der Waals surface area (Å²) in [5.74, 6) is 0. The highest BCUT2D eigenvalue weighted by atomic mass is 16.5. The molecule has 3 heterocycles. The van der Waals surface area contributed by atoms with Gasteiger partial charge >= 0.3 is 0 Å². The molecule has 0 spiro atoms. The highest BCUT2D eigenvalue weighted by Crippen LogP contribution is 2.28. The summed E-state index contributed by atoms with van der Waals surface area (Å²) in [6.45, 7) is 5.60. The summed E-state index contributed by atoms with van der Waals surface area (Å²) in [5, 5.41) is 3.53. The number of nitrogens with zero attached hydrogens (tertiary/aromatic N) is 3. The number of aryl methyl sites for hydroxylation is 1. The van der Waals surface area contributed by atoms with Gasteiger partial charge in [-0.15, -0.1) is 0 Å². The lowest BCUT2D eigenvalue weighted by atomic mass is 10.1. The number of hydrogen-bond donors (Lipinski definition) is 1. The van der Waals surface area contributed by atoms with Crippen molar-refractivity contribution in [2.75, 3.05) is 36.5 Å². The zero-order chi connectivity index (χ0) is 19.6. The summed E-state index contributed by atoms with van der Waals surface area (Å²) in [7, 11) is 0. The molecule has 0 radical (unpaired) electrons. The third kappa shape index (κ3) is 3.57. The van der Waals surface area contributed by atoms with E-state index in [1.54, 1.807) is 0 Å². The van der Waals surface area contributed by atoms with Gasteiger partial charge in [0, 0.05) is 36.9 Å². The molecule has 1 aliphatic rings. The minimum absolute atomic E-state index is 0.797. The second-order valence-electron chi connectivity index (χ2n) is 7.39. The van der Waals surface area contributed by atoms with E-state index < -0.39 is 0 Å². The minimum Gasteiger partial charge on any atom is -0.378 e. The van der Waals surface area contributed by atoms with Gasteiger partial charge in [-0.3, -0.25) is 4.40 Å². The zero-order valence-corrected chi connectivity index (χ0v) is 16.5. The van der Waals surface area contributed by atoms with Crippen molar-refractivity contribution in [2.45, 2.75) is 6.92 Å². The van der Waals surface area contributed by atoms with Crippen molar-refractivity contribution in [2.24, 2.45) is 0 Å². The van der Waals surface area contributed by atoms with Crippen LogP contribution in [-0.4, -0.2) is 35.7 Å². The van der Waals surface area contributed by atoms with Gasteiger partial charge in [-0.25, -0.2) is 4.98 Å². The summed E-state index contributed by atoms with van der Waals surface area (Å²) in [4.78, 5) is 6.95. The second kappa shape index (κ2) is 7.60. The number of anilines is 3. The van der Waals surface area contributed by atoms with Crippen molar-refractivity contribution in [3.8, 4) is 11.3 Å². The average molecular weight is 384 g/mol. The molecule has 0 atom stereocenters. The molecule has 1 fully saturated rings. The van der Waals surface area contributed by atoms with Crippen molar-refractivity contribution in [3.63, 3.8) is 0 Å². The number of ether oxygens (including phenoxy) is 1. The number of hydrogen-bond acceptors (Lipinski definition) is 4. The van der Waals surface area contributed by atoms with Crippen LogP contribution < -0.4 is 10.2 Å². The standard InChI is InChI=1S/C24H24N4O/c1-18-3-2-4-19(17-18)23-10-9-22(24-25-11-12-28(23)24)26-20-5-7-21(8-6-20)27-13-15-29-16-14-27/h2-12,17,26H,13-16H2,1H3. The first-order chi connectivity index (χ1) is 14.3. The fourth-order valence-corrected chi connectivity index (χ4v) is 3.88. The Hall–Kier alpha value is -3.31. The van der Waals surface area contributed by atoms with Gasteiger partial charge in [0.15, 0.2) is 5.65 Å². The normalized spacial score (nSPS) is 14.3. The molecule has 146 valence electrons. The summed E-state index contributed by atoms with van der Waals surface area (Å²) in [6.07, 6.45) is 3.86. The largest absolute Gasteiger partial charge is 0.378 e. The maximum Gasteiger partial charge on any atom is 0.161 e. The van der Waals surface area contributed by atoms with Crippen LogP contribution in [0.1, 0.15) is 5.56 Å². The van der Waals surface area contributed by atoms with Gasteiger partial charge in [0.1, 0.15) is 0 Å². The van der Waals surface area contributed by atoms with E-state index in [0.29, 0.717) is 0 Å². The third-order valence-corrected chi connectivity index (χ3v) is 5.39. The number of nitrogens with one attached hydrogen (secondary N) is 1. The number of benzene rings is 2. The molecule has 1 saturated heterocycles. The van der Waals surface area contributed by atoms with E-state index in [4.69, 9.17) is 4.74 Å². The van der Waals surface area contributed by atoms with Gasteiger partial charge in [-0.2, -0.15) is 0 Å². The van der Waals surface area contributed by atoms with Crippen molar-refractivity contribution in [3.05, 3.63) is 78.6 Å². The Kier molecular flexibility index (Phi) is 4.66. The molecule has 0 aliphatic carbocycles. The molecular weight excluding hydrogens is 360 g/mol. The van der Waals surface area contributed by atoms with Crippen LogP contribution in [0.3, 0.4) is 0 Å². The van der Waals surface area contributed by atoms with Crippen LogP contribution in [-0.2, 0) is 4.74 Å². The Morgan fingerprint density at radius 2 is 1.79 bits per heavy atom. The van der Waals surface area contributed by atoms with Crippen LogP contribution in [0.25, 0.3) is 16.9 Å². The van der Waals surface area contributed by atoms with E-state index in [0.717, 1.165) is 49.0 Å². The van der Waals surface area contributed by atoms with E-state index in [1.807, 2.05) is 12.4 Å². The molecule has 1 N–H and O–H groups in total.